The molecule has 13 heavy (non-hydrogen) atoms. The largest absolute Gasteiger partial charge is 0.462 e. The van der Waals surface area contributed by atoms with Gasteiger partial charge in [0.2, 0.25) is 0 Å². The lowest BCUT2D eigenvalue weighted by Gasteiger charge is -1.92. The van der Waals surface area contributed by atoms with E-state index in [4.69, 9.17) is 10.5 Å². The summed E-state index contributed by atoms with van der Waals surface area (Å²) in [5.74, 6) is -0.217. The predicted octanol–water partition coefficient (Wildman–Crippen LogP) is 1.66. The van der Waals surface area contributed by atoms with Gasteiger partial charge in [0.05, 0.1) is 11.6 Å². The van der Waals surface area contributed by atoms with Crippen molar-refractivity contribution in [2.75, 3.05) is 12.3 Å². The van der Waals surface area contributed by atoms with Gasteiger partial charge in [-0.1, -0.05) is 0 Å². The Morgan fingerprint density at radius 2 is 2.46 bits per heavy atom. The molecule has 0 spiro atoms. The Balaban J connectivity index is 2.29. The highest BCUT2D eigenvalue weighted by molar-refractivity contribution is 7.14. The second-order valence-corrected chi connectivity index (χ2v) is 3.74. The number of nitrogen functional groups attached to an aromatic ring is 1. The van der Waals surface area contributed by atoms with Crippen LogP contribution in [-0.2, 0) is 9.53 Å². The number of carbonyl (C=O) groups excluding carboxylic acids is 1. The van der Waals surface area contributed by atoms with E-state index in [2.05, 4.69) is 0 Å². The van der Waals surface area contributed by atoms with E-state index in [0.717, 1.165) is 10.6 Å². The lowest BCUT2D eigenvalue weighted by Crippen LogP contribution is -1.94. The van der Waals surface area contributed by atoms with Crippen molar-refractivity contribution >= 4 is 28.4 Å². The molecule has 1 aromatic rings. The molecule has 2 heterocycles. The summed E-state index contributed by atoms with van der Waals surface area (Å²) in [6, 6.07) is 1.90. The van der Waals surface area contributed by atoms with Gasteiger partial charge in [0.15, 0.2) is 0 Å². The molecule has 1 aromatic heterocycles. The van der Waals surface area contributed by atoms with Gasteiger partial charge in [-0.25, -0.2) is 4.79 Å². The van der Waals surface area contributed by atoms with E-state index >= 15 is 0 Å². The molecule has 1 aliphatic heterocycles. The SMILES string of the molecule is Nc1sccc1/C=C1\CCOC1=O. The highest BCUT2D eigenvalue weighted by Crippen LogP contribution is 2.24. The van der Waals surface area contributed by atoms with Crippen molar-refractivity contribution in [3.63, 3.8) is 0 Å². The van der Waals surface area contributed by atoms with Crippen molar-refractivity contribution in [3.05, 3.63) is 22.6 Å². The number of rotatable bonds is 1. The minimum atomic E-state index is -0.217. The zero-order valence-electron chi connectivity index (χ0n) is 6.95. The molecule has 0 aromatic carbocycles. The predicted molar refractivity (Wildman–Crippen MR) is 52.3 cm³/mol. The monoisotopic (exact) mass is 195 g/mol. The number of anilines is 1. The molecular formula is C9H9NO2S. The molecule has 0 bridgehead atoms. The van der Waals surface area contributed by atoms with Crippen molar-refractivity contribution < 1.29 is 9.53 Å². The van der Waals surface area contributed by atoms with Gasteiger partial charge in [0, 0.05) is 17.6 Å². The van der Waals surface area contributed by atoms with Crippen LogP contribution in [0.4, 0.5) is 5.00 Å². The Bertz CT molecular complexity index is 367. The molecule has 0 radical (unpaired) electrons. The van der Waals surface area contributed by atoms with E-state index < -0.39 is 0 Å². The molecule has 2 rings (SSSR count). The van der Waals surface area contributed by atoms with Crippen LogP contribution < -0.4 is 5.73 Å². The van der Waals surface area contributed by atoms with E-state index in [-0.39, 0.29) is 5.97 Å². The fourth-order valence-electron chi connectivity index (χ4n) is 1.22. The summed E-state index contributed by atoms with van der Waals surface area (Å²) in [4.78, 5) is 11.1. The van der Waals surface area contributed by atoms with Crippen LogP contribution >= 0.6 is 11.3 Å². The number of carbonyl (C=O) groups is 1. The Morgan fingerprint density at radius 3 is 3.00 bits per heavy atom. The average Bonchev–Trinajstić information content (AvgIpc) is 2.65. The summed E-state index contributed by atoms with van der Waals surface area (Å²) >= 11 is 1.47. The minimum Gasteiger partial charge on any atom is -0.462 e. The number of hydrogen-bond acceptors (Lipinski definition) is 4. The van der Waals surface area contributed by atoms with Crippen molar-refractivity contribution in [3.8, 4) is 0 Å². The summed E-state index contributed by atoms with van der Waals surface area (Å²) in [6.45, 7) is 0.495. The number of esters is 1. The first-order chi connectivity index (χ1) is 6.27. The molecule has 0 amide bonds. The van der Waals surface area contributed by atoms with Crippen LogP contribution in [0, 0.1) is 0 Å². The normalized spacial score (nSPS) is 19.4. The third kappa shape index (κ3) is 1.58. The van der Waals surface area contributed by atoms with Crippen LogP contribution in [0.5, 0.6) is 0 Å². The number of ether oxygens (including phenoxy) is 1. The highest BCUT2D eigenvalue weighted by Gasteiger charge is 2.18. The Morgan fingerprint density at radius 1 is 1.62 bits per heavy atom. The number of nitrogens with two attached hydrogens (primary N) is 1. The fraction of sp³-hybridized carbons (Fsp3) is 0.222. The van der Waals surface area contributed by atoms with E-state index in [1.165, 1.54) is 11.3 Å². The standard InChI is InChI=1S/C9H9NO2S/c10-8-6(2-4-13-8)5-7-1-3-12-9(7)11/h2,4-5H,1,3,10H2/b7-5+. The van der Waals surface area contributed by atoms with Gasteiger partial charge in [-0.2, -0.15) is 0 Å². The van der Waals surface area contributed by atoms with Gasteiger partial charge in [-0.15, -0.1) is 11.3 Å². The second-order valence-electron chi connectivity index (χ2n) is 2.80. The van der Waals surface area contributed by atoms with Gasteiger partial charge in [-0.05, 0) is 17.5 Å². The van der Waals surface area contributed by atoms with Crippen LogP contribution in [0.1, 0.15) is 12.0 Å². The Labute approximate surface area is 79.8 Å². The molecule has 1 aliphatic rings. The summed E-state index contributed by atoms with van der Waals surface area (Å²) in [5.41, 5.74) is 7.31. The van der Waals surface area contributed by atoms with Crippen LogP contribution in [0.2, 0.25) is 0 Å². The van der Waals surface area contributed by atoms with Crippen LogP contribution in [-0.4, -0.2) is 12.6 Å². The van der Waals surface area contributed by atoms with Crippen LogP contribution in [0.3, 0.4) is 0 Å². The first-order valence-corrected chi connectivity index (χ1v) is 4.86. The third-order valence-corrected chi connectivity index (χ3v) is 2.69. The van der Waals surface area contributed by atoms with Gasteiger partial charge in [0.1, 0.15) is 0 Å². The maximum absolute atomic E-state index is 11.1. The van der Waals surface area contributed by atoms with Gasteiger partial charge < -0.3 is 10.5 Å². The van der Waals surface area contributed by atoms with Crippen LogP contribution in [0.25, 0.3) is 6.08 Å². The molecule has 1 fully saturated rings. The summed E-state index contributed by atoms with van der Waals surface area (Å²) in [6.07, 6.45) is 2.50. The van der Waals surface area contributed by atoms with Crippen molar-refractivity contribution in [2.24, 2.45) is 0 Å². The Kier molecular flexibility index (Phi) is 2.06. The molecule has 0 aliphatic carbocycles. The van der Waals surface area contributed by atoms with E-state index in [0.29, 0.717) is 18.6 Å². The van der Waals surface area contributed by atoms with E-state index in [1.807, 2.05) is 11.4 Å². The first-order valence-electron chi connectivity index (χ1n) is 3.98. The first kappa shape index (κ1) is 8.31. The van der Waals surface area contributed by atoms with Crippen molar-refractivity contribution in [2.45, 2.75) is 6.42 Å². The molecule has 0 unspecified atom stereocenters. The third-order valence-electron chi connectivity index (χ3n) is 1.92. The minimum absolute atomic E-state index is 0.217. The molecular weight excluding hydrogens is 186 g/mol. The molecule has 68 valence electrons. The summed E-state index contributed by atoms with van der Waals surface area (Å²) in [5, 5.41) is 2.65. The maximum Gasteiger partial charge on any atom is 0.334 e. The number of cyclic esters (lactones) is 1. The molecule has 3 nitrogen and oxygen atoms in total. The van der Waals surface area contributed by atoms with Gasteiger partial charge in [0.25, 0.3) is 0 Å². The van der Waals surface area contributed by atoms with Crippen molar-refractivity contribution in [1.29, 1.82) is 0 Å². The lowest BCUT2D eigenvalue weighted by molar-refractivity contribution is -0.134. The smallest absolute Gasteiger partial charge is 0.334 e. The zero-order chi connectivity index (χ0) is 9.26. The Hall–Kier alpha value is -1.29. The van der Waals surface area contributed by atoms with E-state index in [9.17, 15) is 4.79 Å². The molecule has 0 atom stereocenters. The van der Waals surface area contributed by atoms with E-state index in [1.54, 1.807) is 6.08 Å². The summed E-state index contributed by atoms with van der Waals surface area (Å²) < 4.78 is 4.81. The molecule has 0 saturated carbocycles. The topological polar surface area (TPSA) is 52.3 Å². The second kappa shape index (κ2) is 3.22. The number of hydrogen-bond donors (Lipinski definition) is 1. The lowest BCUT2D eigenvalue weighted by atomic mass is 10.1. The highest BCUT2D eigenvalue weighted by atomic mass is 32.1. The van der Waals surface area contributed by atoms with Gasteiger partial charge >= 0.3 is 5.97 Å². The maximum atomic E-state index is 11.1. The van der Waals surface area contributed by atoms with Crippen molar-refractivity contribution in [1.82, 2.24) is 0 Å². The van der Waals surface area contributed by atoms with Gasteiger partial charge in [-0.3, -0.25) is 0 Å². The molecule has 4 heteroatoms. The molecule has 1 saturated heterocycles. The average molecular weight is 195 g/mol. The molecule has 2 N–H and O–H groups in total. The fourth-order valence-corrected chi connectivity index (χ4v) is 1.84. The summed E-state index contributed by atoms with van der Waals surface area (Å²) in [7, 11) is 0. The quantitative estimate of drug-likeness (QED) is 0.547. The number of thiophene rings is 1. The van der Waals surface area contributed by atoms with Crippen LogP contribution in [0.15, 0.2) is 17.0 Å². The zero-order valence-corrected chi connectivity index (χ0v) is 7.76.